The summed E-state index contributed by atoms with van der Waals surface area (Å²) >= 11 is 6.28. The summed E-state index contributed by atoms with van der Waals surface area (Å²) < 4.78 is 7.60. The van der Waals surface area contributed by atoms with E-state index in [4.69, 9.17) is 26.3 Å². The molecule has 1 aliphatic heterocycles. The number of hydrogen-bond acceptors (Lipinski definition) is 6. The topological polar surface area (TPSA) is 68.1 Å². The highest BCUT2D eigenvalue weighted by molar-refractivity contribution is 6.31. The fourth-order valence-corrected chi connectivity index (χ4v) is 3.58. The molecule has 4 rings (SSSR count). The molecule has 2 aromatic heterocycles. The molecular weight excluding hydrogens is 364 g/mol. The Morgan fingerprint density at radius 1 is 1.19 bits per heavy atom. The SMILES string of the molecule is Cc1ccc(Nc2nc(N3C[C@@H](C)O[C@@H](C)C3)nc3c2cnn3C)cc1Cl. The molecule has 142 valence electrons. The monoisotopic (exact) mass is 386 g/mol. The molecular formula is C19H23ClN6O. The van der Waals surface area contributed by atoms with E-state index >= 15 is 0 Å². The van der Waals surface area contributed by atoms with Crippen molar-refractivity contribution in [2.75, 3.05) is 23.3 Å². The van der Waals surface area contributed by atoms with Crippen molar-refractivity contribution in [2.45, 2.75) is 33.0 Å². The molecule has 3 heterocycles. The first-order valence-electron chi connectivity index (χ1n) is 9.04. The van der Waals surface area contributed by atoms with Gasteiger partial charge in [0.25, 0.3) is 0 Å². The van der Waals surface area contributed by atoms with Gasteiger partial charge in [-0.3, -0.25) is 4.68 Å². The quantitative estimate of drug-likeness (QED) is 0.740. The van der Waals surface area contributed by atoms with E-state index < -0.39 is 0 Å². The number of ether oxygens (including phenoxy) is 1. The summed E-state index contributed by atoms with van der Waals surface area (Å²) in [6.07, 6.45) is 2.04. The second-order valence-corrected chi connectivity index (χ2v) is 7.54. The van der Waals surface area contributed by atoms with Gasteiger partial charge in [-0.05, 0) is 38.5 Å². The smallest absolute Gasteiger partial charge is 0.229 e. The predicted octanol–water partition coefficient (Wildman–Crippen LogP) is 3.68. The van der Waals surface area contributed by atoms with Crippen LogP contribution in [0.5, 0.6) is 0 Å². The van der Waals surface area contributed by atoms with Crippen molar-refractivity contribution in [3.63, 3.8) is 0 Å². The Labute approximate surface area is 163 Å². The standard InChI is InChI=1S/C19H23ClN6O/c1-11-5-6-14(7-16(11)20)22-17-15-8-21-25(4)18(15)24-19(23-17)26-9-12(2)27-13(3)10-26/h5-8,12-13H,9-10H2,1-4H3,(H,22,23,24)/t12-,13+. The Balaban J connectivity index is 1.76. The van der Waals surface area contributed by atoms with Crippen LogP contribution in [0, 0.1) is 6.92 Å². The van der Waals surface area contributed by atoms with Gasteiger partial charge in [-0.15, -0.1) is 0 Å². The lowest BCUT2D eigenvalue weighted by Crippen LogP contribution is -2.46. The molecule has 1 N–H and O–H groups in total. The zero-order chi connectivity index (χ0) is 19.1. The van der Waals surface area contributed by atoms with Gasteiger partial charge in [-0.25, -0.2) is 0 Å². The lowest BCUT2D eigenvalue weighted by molar-refractivity contribution is -0.00569. The number of morpholine rings is 1. The Kier molecular flexibility index (Phi) is 4.65. The fourth-order valence-electron chi connectivity index (χ4n) is 3.40. The zero-order valence-corrected chi connectivity index (χ0v) is 16.7. The van der Waals surface area contributed by atoms with Gasteiger partial charge >= 0.3 is 0 Å². The van der Waals surface area contributed by atoms with E-state index in [2.05, 4.69) is 29.2 Å². The molecule has 2 atom stereocenters. The number of aryl methyl sites for hydroxylation is 2. The average molecular weight is 387 g/mol. The fraction of sp³-hybridized carbons (Fsp3) is 0.421. The van der Waals surface area contributed by atoms with Crippen LogP contribution >= 0.6 is 11.6 Å². The number of rotatable bonds is 3. The van der Waals surface area contributed by atoms with Crippen LogP contribution in [0.1, 0.15) is 19.4 Å². The van der Waals surface area contributed by atoms with Crippen LogP contribution in [0.3, 0.4) is 0 Å². The number of nitrogens with zero attached hydrogens (tertiary/aromatic N) is 5. The third kappa shape index (κ3) is 3.57. The molecule has 7 nitrogen and oxygen atoms in total. The van der Waals surface area contributed by atoms with Crippen molar-refractivity contribution in [3.8, 4) is 0 Å². The molecule has 1 aromatic carbocycles. The van der Waals surface area contributed by atoms with Crippen LogP contribution < -0.4 is 10.2 Å². The Morgan fingerprint density at radius 2 is 1.93 bits per heavy atom. The maximum atomic E-state index is 6.28. The zero-order valence-electron chi connectivity index (χ0n) is 15.9. The molecule has 8 heteroatoms. The molecule has 0 aliphatic carbocycles. The Morgan fingerprint density at radius 3 is 2.63 bits per heavy atom. The minimum atomic E-state index is 0.131. The van der Waals surface area contributed by atoms with Crippen LogP contribution in [-0.2, 0) is 11.8 Å². The van der Waals surface area contributed by atoms with Gasteiger partial charge in [0, 0.05) is 30.8 Å². The average Bonchev–Trinajstić information content (AvgIpc) is 2.99. The van der Waals surface area contributed by atoms with Crippen molar-refractivity contribution in [1.29, 1.82) is 0 Å². The molecule has 0 radical (unpaired) electrons. The Bertz CT molecular complexity index is 978. The number of halogens is 1. The highest BCUT2D eigenvalue weighted by Gasteiger charge is 2.25. The van der Waals surface area contributed by atoms with Gasteiger partial charge in [0.05, 0.1) is 23.8 Å². The molecule has 0 bridgehead atoms. The van der Waals surface area contributed by atoms with Crippen LogP contribution in [0.25, 0.3) is 11.0 Å². The van der Waals surface area contributed by atoms with Crippen LogP contribution in [0.4, 0.5) is 17.5 Å². The third-order valence-corrected chi connectivity index (χ3v) is 5.12. The normalized spacial score (nSPS) is 20.3. The predicted molar refractivity (Wildman–Crippen MR) is 108 cm³/mol. The van der Waals surface area contributed by atoms with Gasteiger partial charge in [-0.1, -0.05) is 17.7 Å². The summed E-state index contributed by atoms with van der Waals surface area (Å²) in [7, 11) is 1.89. The number of aromatic nitrogens is 4. The van der Waals surface area contributed by atoms with Crippen molar-refractivity contribution in [3.05, 3.63) is 35.0 Å². The van der Waals surface area contributed by atoms with E-state index in [1.807, 2.05) is 32.2 Å². The summed E-state index contributed by atoms with van der Waals surface area (Å²) in [5, 5.41) is 9.32. The Hall–Kier alpha value is -2.38. The lowest BCUT2D eigenvalue weighted by Gasteiger charge is -2.35. The van der Waals surface area contributed by atoms with E-state index in [0.29, 0.717) is 11.0 Å². The molecule has 0 amide bonds. The maximum absolute atomic E-state index is 6.28. The summed E-state index contributed by atoms with van der Waals surface area (Å²) in [5.74, 6) is 1.39. The van der Waals surface area contributed by atoms with E-state index in [-0.39, 0.29) is 12.2 Å². The van der Waals surface area contributed by atoms with Crippen LogP contribution in [0.2, 0.25) is 5.02 Å². The van der Waals surface area contributed by atoms with Crippen molar-refractivity contribution < 1.29 is 4.74 Å². The van der Waals surface area contributed by atoms with Gasteiger partial charge in [-0.2, -0.15) is 15.1 Å². The first kappa shape index (κ1) is 18.0. The minimum Gasteiger partial charge on any atom is -0.372 e. The van der Waals surface area contributed by atoms with E-state index in [9.17, 15) is 0 Å². The maximum Gasteiger partial charge on any atom is 0.229 e. The summed E-state index contributed by atoms with van der Waals surface area (Å²) in [6, 6.07) is 5.88. The van der Waals surface area contributed by atoms with Gasteiger partial charge < -0.3 is 15.0 Å². The van der Waals surface area contributed by atoms with E-state index in [0.717, 1.165) is 41.2 Å². The summed E-state index contributed by atoms with van der Waals surface area (Å²) in [6.45, 7) is 7.62. The van der Waals surface area contributed by atoms with Crippen LogP contribution in [0.15, 0.2) is 24.4 Å². The number of benzene rings is 1. The highest BCUT2D eigenvalue weighted by atomic mass is 35.5. The highest BCUT2D eigenvalue weighted by Crippen LogP contribution is 2.29. The first-order chi connectivity index (χ1) is 12.9. The summed E-state index contributed by atoms with van der Waals surface area (Å²) in [4.78, 5) is 11.7. The van der Waals surface area contributed by atoms with Gasteiger partial charge in [0.1, 0.15) is 5.82 Å². The molecule has 0 unspecified atom stereocenters. The molecule has 3 aromatic rings. The lowest BCUT2D eigenvalue weighted by atomic mass is 10.2. The van der Waals surface area contributed by atoms with E-state index in [1.54, 1.807) is 10.9 Å². The molecule has 1 saturated heterocycles. The van der Waals surface area contributed by atoms with Gasteiger partial charge in [0.15, 0.2) is 5.65 Å². The largest absolute Gasteiger partial charge is 0.372 e. The molecule has 0 spiro atoms. The van der Waals surface area contributed by atoms with Crippen molar-refractivity contribution in [2.24, 2.45) is 7.05 Å². The number of hydrogen-bond donors (Lipinski definition) is 1. The van der Waals surface area contributed by atoms with Crippen molar-refractivity contribution >= 4 is 40.1 Å². The molecule has 0 saturated carbocycles. The number of fused-ring (bicyclic) bond motifs is 1. The molecule has 1 fully saturated rings. The summed E-state index contributed by atoms with van der Waals surface area (Å²) in [5.41, 5.74) is 2.70. The van der Waals surface area contributed by atoms with Crippen LogP contribution in [-0.4, -0.2) is 45.0 Å². The second kappa shape index (κ2) is 6.98. The number of nitrogens with one attached hydrogen (secondary N) is 1. The third-order valence-electron chi connectivity index (χ3n) is 4.72. The molecule has 27 heavy (non-hydrogen) atoms. The second-order valence-electron chi connectivity index (χ2n) is 7.13. The van der Waals surface area contributed by atoms with E-state index in [1.165, 1.54) is 0 Å². The first-order valence-corrected chi connectivity index (χ1v) is 9.42. The van der Waals surface area contributed by atoms with Crippen molar-refractivity contribution in [1.82, 2.24) is 19.7 Å². The van der Waals surface area contributed by atoms with Gasteiger partial charge in [0.2, 0.25) is 5.95 Å². The molecule has 1 aliphatic rings. The minimum absolute atomic E-state index is 0.131. The number of anilines is 3.